The number of aryl methyl sites for hydroxylation is 1. The first-order chi connectivity index (χ1) is 10.7. The van der Waals surface area contributed by atoms with Crippen LogP contribution >= 0.6 is 11.3 Å². The Labute approximate surface area is 136 Å². The molecule has 0 amide bonds. The number of rotatable bonds is 3. The van der Waals surface area contributed by atoms with Crippen molar-refractivity contribution in [2.75, 3.05) is 18.4 Å². The number of anilines is 1. The van der Waals surface area contributed by atoms with Gasteiger partial charge >= 0.3 is 0 Å². The van der Waals surface area contributed by atoms with Gasteiger partial charge in [0.2, 0.25) is 0 Å². The predicted octanol–water partition coefficient (Wildman–Crippen LogP) is 4.01. The molecule has 3 fully saturated rings. The van der Waals surface area contributed by atoms with Gasteiger partial charge in [0.25, 0.3) is 0 Å². The summed E-state index contributed by atoms with van der Waals surface area (Å²) in [6.45, 7) is 7.06. The third kappa shape index (κ3) is 2.44. The van der Waals surface area contributed by atoms with Gasteiger partial charge in [-0.1, -0.05) is 0 Å². The molecular formula is C18H23N3S. The second-order valence-corrected chi connectivity index (χ2v) is 7.43. The molecule has 2 aromatic heterocycles. The summed E-state index contributed by atoms with van der Waals surface area (Å²) in [6, 6.07) is 5.53. The fourth-order valence-electron chi connectivity index (χ4n) is 4.00. The zero-order valence-corrected chi connectivity index (χ0v) is 14.1. The first kappa shape index (κ1) is 14.2. The van der Waals surface area contributed by atoms with E-state index >= 15 is 0 Å². The summed E-state index contributed by atoms with van der Waals surface area (Å²) in [5, 5.41) is 8.11. The number of aromatic nitrogens is 1. The third-order valence-corrected chi connectivity index (χ3v) is 6.27. The van der Waals surface area contributed by atoms with Crippen LogP contribution in [0.1, 0.15) is 25.3 Å². The molecule has 0 saturated carbocycles. The van der Waals surface area contributed by atoms with E-state index in [0.717, 1.165) is 17.3 Å². The molecule has 0 aliphatic carbocycles. The van der Waals surface area contributed by atoms with E-state index in [2.05, 4.69) is 51.9 Å². The smallest absolute Gasteiger partial charge is 0.0714 e. The van der Waals surface area contributed by atoms with Crippen LogP contribution < -0.4 is 5.32 Å². The Balaban J connectivity index is 1.51. The SMILES string of the molecule is Cc1cscc1-c1ccc(N[C@H]2C3CCN(CC3)[C@@H]2C)cn1. The first-order valence-corrected chi connectivity index (χ1v) is 9.16. The first-order valence-electron chi connectivity index (χ1n) is 8.22. The van der Waals surface area contributed by atoms with Gasteiger partial charge in [-0.15, -0.1) is 0 Å². The summed E-state index contributed by atoms with van der Waals surface area (Å²) in [4.78, 5) is 7.28. The molecule has 22 heavy (non-hydrogen) atoms. The van der Waals surface area contributed by atoms with Crippen molar-refractivity contribution in [1.29, 1.82) is 0 Å². The molecule has 0 radical (unpaired) electrons. The van der Waals surface area contributed by atoms with E-state index in [1.54, 1.807) is 11.3 Å². The number of piperidine rings is 3. The van der Waals surface area contributed by atoms with Crippen LogP contribution in [0.15, 0.2) is 29.1 Å². The van der Waals surface area contributed by atoms with Crippen molar-refractivity contribution in [2.45, 2.75) is 38.8 Å². The maximum Gasteiger partial charge on any atom is 0.0714 e. The Morgan fingerprint density at radius 3 is 2.64 bits per heavy atom. The Bertz CT molecular complexity index is 639. The molecule has 0 aromatic carbocycles. The molecule has 0 spiro atoms. The molecule has 3 nitrogen and oxygen atoms in total. The van der Waals surface area contributed by atoms with Gasteiger partial charge in [0.1, 0.15) is 0 Å². The number of pyridine rings is 1. The summed E-state index contributed by atoms with van der Waals surface area (Å²) >= 11 is 1.74. The Morgan fingerprint density at radius 2 is 2.05 bits per heavy atom. The maximum absolute atomic E-state index is 4.67. The number of hydrogen-bond donors (Lipinski definition) is 1. The average Bonchev–Trinajstić information content (AvgIpc) is 2.98. The van der Waals surface area contributed by atoms with Crippen LogP contribution in [0, 0.1) is 12.8 Å². The molecule has 5 heterocycles. The molecule has 3 aliphatic heterocycles. The van der Waals surface area contributed by atoms with Gasteiger partial charge in [-0.05, 0) is 68.8 Å². The number of thiophene rings is 1. The summed E-state index contributed by atoms with van der Waals surface area (Å²) in [5.74, 6) is 0.818. The third-order valence-electron chi connectivity index (χ3n) is 5.41. The molecule has 3 saturated heterocycles. The van der Waals surface area contributed by atoms with Gasteiger partial charge in [-0.2, -0.15) is 11.3 Å². The summed E-state index contributed by atoms with van der Waals surface area (Å²) in [7, 11) is 0. The zero-order valence-electron chi connectivity index (χ0n) is 13.2. The summed E-state index contributed by atoms with van der Waals surface area (Å²) in [5.41, 5.74) is 4.80. The lowest BCUT2D eigenvalue weighted by Gasteiger charge is -2.50. The Hall–Kier alpha value is -1.39. The minimum absolute atomic E-state index is 0.568. The second-order valence-electron chi connectivity index (χ2n) is 6.68. The maximum atomic E-state index is 4.67. The van der Waals surface area contributed by atoms with Crippen LogP contribution in [0.3, 0.4) is 0 Å². The van der Waals surface area contributed by atoms with Crippen LogP contribution in [-0.2, 0) is 0 Å². The van der Waals surface area contributed by atoms with Gasteiger partial charge in [0.05, 0.1) is 17.6 Å². The van der Waals surface area contributed by atoms with Crippen LogP contribution in [0.2, 0.25) is 0 Å². The van der Waals surface area contributed by atoms with Gasteiger partial charge in [0.15, 0.2) is 0 Å². The van der Waals surface area contributed by atoms with Crippen LogP contribution in [0.5, 0.6) is 0 Å². The number of nitrogens with zero attached hydrogens (tertiary/aromatic N) is 2. The molecule has 2 bridgehead atoms. The number of hydrogen-bond acceptors (Lipinski definition) is 4. The highest BCUT2D eigenvalue weighted by molar-refractivity contribution is 7.08. The topological polar surface area (TPSA) is 28.2 Å². The minimum Gasteiger partial charge on any atom is -0.379 e. The quantitative estimate of drug-likeness (QED) is 0.928. The van der Waals surface area contributed by atoms with Crippen molar-refractivity contribution in [3.8, 4) is 11.3 Å². The molecule has 5 rings (SSSR count). The Morgan fingerprint density at radius 1 is 1.23 bits per heavy atom. The van der Waals surface area contributed by atoms with Crippen LogP contribution in [0.25, 0.3) is 11.3 Å². The molecule has 4 heteroatoms. The fraction of sp³-hybridized carbons (Fsp3) is 0.500. The zero-order chi connectivity index (χ0) is 15.1. The highest BCUT2D eigenvalue weighted by Crippen LogP contribution is 2.34. The summed E-state index contributed by atoms with van der Waals surface area (Å²) in [6.07, 6.45) is 4.67. The van der Waals surface area contributed by atoms with Gasteiger partial charge < -0.3 is 5.32 Å². The van der Waals surface area contributed by atoms with E-state index in [0.29, 0.717) is 12.1 Å². The molecular weight excluding hydrogens is 290 g/mol. The van der Waals surface area contributed by atoms with Crippen molar-refractivity contribution >= 4 is 17.0 Å². The van der Waals surface area contributed by atoms with Crippen molar-refractivity contribution in [3.63, 3.8) is 0 Å². The molecule has 2 aromatic rings. The van der Waals surface area contributed by atoms with E-state index < -0.39 is 0 Å². The van der Waals surface area contributed by atoms with Crippen molar-refractivity contribution in [1.82, 2.24) is 9.88 Å². The van der Waals surface area contributed by atoms with Crippen molar-refractivity contribution in [2.24, 2.45) is 5.92 Å². The Kier molecular flexibility index (Phi) is 3.66. The fourth-order valence-corrected chi connectivity index (χ4v) is 4.84. The van der Waals surface area contributed by atoms with Gasteiger partial charge in [0, 0.05) is 23.0 Å². The van der Waals surface area contributed by atoms with E-state index in [1.165, 1.54) is 37.1 Å². The van der Waals surface area contributed by atoms with Crippen LogP contribution in [0.4, 0.5) is 5.69 Å². The lowest BCUT2D eigenvalue weighted by Crippen LogP contribution is -2.59. The molecule has 116 valence electrons. The lowest BCUT2D eigenvalue weighted by atomic mass is 9.79. The normalized spacial score (nSPS) is 30.5. The average molecular weight is 313 g/mol. The second kappa shape index (κ2) is 5.67. The molecule has 1 N–H and O–H groups in total. The number of fused-ring (bicyclic) bond motifs is 3. The lowest BCUT2D eigenvalue weighted by molar-refractivity contribution is 0.0458. The van der Waals surface area contributed by atoms with E-state index in [4.69, 9.17) is 0 Å². The van der Waals surface area contributed by atoms with Crippen LogP contribution in [-0.4, -0.2) is 35.1 Å². The molecule has 0 unspecified atom stereocenters. The monoisotopic (exact) mass is 313 g/mol. The van der Waals surface area contributed by atoms with Gasteiger partial charge in [-0.25, -0.2) is 0 Å². The standard InChI is InChI=1S/C18H23N3S/c1-12-10-22-11-16(12)17-4-3-15(9-19-17)20-18-13(2)21-7-5-14(18)6-8-21/h3-4,9-11,13-14,18,20H,5-8H2,1-2H3/t13-,18-/m1/s1. The molecule has 3 aliphatic rings. The van der Waals surface area contributed by atoms with Crippen molar-refractivity contribution in [3.05, 3.63) is 34.7 Å². The molecule has 2 atom stereocenters. The summed E-state index contributed by atoms with van der Waals surface area (Å²) < 4.78 is 0. The highest BCUT2D eigenvalue weighted by atomic mass is 32.1. The van der Waals surface area contributed by atoms with Crippen molar-refractivity contribution < 1.29 is 0 Å². The predicted molar refractivity (Wildman–Crippen MR) is 93.5 cm³/mol. The van der Waals surface area contributed by atoms with E-state index in [9.17, 15) is 0 Å². The van der Waals surface area contributed by atoms with Gasteiger partial charge in [-0.3, -0.25) is 9.88 Å². The highest BCUT2D eigenvalue weighted by Gasteiger charge is 2.39. The van der Waals surface area contributed by atoms with E-state index in [1.807, 2.05) is 6.20 Å². The minimum atomic E-state index is 0.568. The largest absolute Gasteiger partial charge is 0.379 e. The number of nitrogens with one attached hydrogen (secondary N) is 1. The van der Waals surface area contributed by atoms with E-state index in [-0.39, 0.29) is 0 Å².